The predicted molar refractivity (Wildman–Crippen MR) is 193 cm³/mol. The number of aromatic nitrogens is 1. The lowest BCUT2D eigenvalue weighted by atomic mass is 9.68. The number of fused-ring (bicyclic) bond motifs is 9. The van der Waals surface area contributed by atoms with E-state index in [1.165, 1.54) is 4.90 Å². The summed E-state index contributed by atoms with van der Waals surface area (Å²) in [5.74, 6) is -2.26. The number of hydrogen-bond donors (Lipinski definition) is 2. The van der Waals surface area contributed by atoms with E-state index in [1.54, 1.807) is 67.2 Å². The normalized spacial score (nSPS) is 26.0. The fourth-order valence-corrected chi connectivity index (χ4v) is 11.7. The zero-order chi connectivity index (χ0) is 34.8. The number of anilines is 2. The molecule has 3 heterocycles. The number of nitrogens with zero attached hydrogens (tertiary/aromatic N) is 1. The molecule has 14 heteroatoms. The number of rotatable bonds is 8. The van der Waals surface area contributed by atoms with Gasteiger partial charge in [-0.2, -0.15) is 0 Å². The first-order chi connectivity index (χ1) is 24.1. The highest BCUT2D eigenvalue weighted by molar-refractivity contribution is 9.10. The zero-order valence-electron chi connectivity index (χ0n) is 26.4. The molecule has 3 aromatic carbocycles. The Morgan fingerprint density at radius 3 is 2.44 bits per heavy atom. The van der Waals surface area contributed by atoms with E-state index in [0.717, 1.165) is 37.7 Å². The van der Waals surface area contributed by atoms with Gasteiger partial charge in [0.2, 0.25) is 11.8 Å². The summed E-state index contributed by atoms with van der Waals surface area (Å²) in [6.45, 7) is 1.68. The molecule has 2 N–H and O–H groups in total. The van der Waals surface area contributed by atoms with Gasteiger partial charge in [-0.3, -0.25) is 24.1 Å². The second-order valence-corrected chi connectivity index (χ2v) is 16.3. The average Bonchev–Trinajstić information content (AvgIpc) is 3.84. The molecule has 3 amide bonds. The maximum atomic E-state index is 14.1. The van der Waals surface area contributed by atoms with Crippen LogP contribution < -0.4 is 19.8 Å². The van der Waals surface area contributed by atoms with Crippen molar-refractivity contribution in [3.05, 3.63) is 102 Å². The number of thiazole rings is 1. The van der Waals surface area contributed by atoms with Crippen LogP contribution in [0.2, 0.25) is 5.02 Å². The van der Waals surface area contributed by atoms with Crippen LogP contribution >= 0.6 is 50.6 Å². The molecular formula is C36H29BrClN3O7S2. The van der Waals surface area contributed by atoms with Gasteiger partial charge in [0.1, 0.15) is 5.75 Å². The first kappa shape index (κ1) is 33.2. The number of carbonyl (C=O) groups is 4. The van der Waals surface area contributed by atoms with E-state index in [1.807, 2.05) is 18.2 Å². The Morgan fingerprint density at radius 2 is 1.72 bits per heavy atom. The maximum Gasteiger partial charge on any atom is 0.338 e. The van der Waals surface area contributed by atoms with Gasteiger partial charge in [0.25, 0.3) is 5.91 Å². The van der Waals surface area contributed by atoms with Crippen LogP contribution in [0.5, 0.6) is 5.75 Å². The number of ether oxygens (including phenoxy) is 2. The highest BCUT2D eigenvalue weighted by Crippen LogP contribution is 2.69. The second-order valence-electron chi connectivity index (χ2n) is 12.8. The molecule has 2 saturated carbocycles. The summed E-state index contributed by atoms with van der Waals surface area (Å²) < 4.78 is 12.0. The fraction of sp³-hybridized carbons (Fsp3) is 0.306. The molecule has 10 nitrogen and oxygen atoms in total. The monoisotopic (exact) mass is 793 g/mol. The number of carbonyl (C=O) groups excluding carboxylic acids is 4. The minimum atomic E-state index is -0.470. The molecule has 2 bridgehead atoms. The molecule has 0 spiro atoms. The number of H-pyrrole nitrogens is 1. The lowest BCUT2D eigenvalue weighted by molar-refractivity contribution is -0.123. The van der Waals surface area contributed by atoms with Crippen LogP contribution in [-0.2, 0) is 19.1 Å². The van der Waals surface area contributed by atoms with Crippen LogP contribution in [-0.4, -0.2) is 47.1 Å². The number of esters is 1. The Morgan fingerprint density at radius 1 is 1.00 bits per heavy atom. The molecule has 1 aromatic heterocycles. The van der Waals surface area contributed by atoms with Crippen molar-refractivity contribution < 1.29 is 28.7 Å². The molecule has 4 aromatic rings. The summed E-state index contributed by atoms with van der Waals surface area (Å²) >= 11 is 12.8. The second kappa shape index (κ2) is 13.0. The third-order valence-corrected chi connectivity index (χ3v) is 13.5. The van der Waals surface area contributed by atoms with Gasteiger partial charge in [-0.05, 0) is 97.8 Å². The number of thioether (sulfide) groups is 1. The molecule has 256 valence electrons. The number of imide groups is 1. The van der Waals surface area contributed by atoms with Crippen molar-refractivity contribution in [1.82, 2.24) is 4.98 Å². The van der Waals surface area contributed by atoms with E-state index < -0.39 is 23.7 Å². The summed E-state index contributed by atoms with van der Waals surface area (Å²) in [5, 5.41) is 3.98. The van der Waals surface area contributed by atoms with Gasteiger partial charge >= 0.3 is 10.8 Å². The minimum Gasteiger partial charge on any atom is -0.483 e. The molecule has 4 aliphatic rings. The molecule has 2 aliphatic heterocycles. The zero-order valence-corrected chi connectivity index (χ0v) is 30.4. The Kier molecular flexibility index (Phi) is 8.65. The summed E-state index contributed by atoms with van der Waals surface area (Å²) in [6.07, 6.45) is 0.729. The molecular weight excluding hydrogens is 766 g/mol. The molecule has 0 radical (unpaired) electrons. The van der Waals surface area contributed by atoms with Crippen LogP contribution in [0.15, 0.2) is 81.0 Å². The average molecular weight is 795 g/mol. The van der Waals surface area contributed by atoms with Crippen molar-refractivity contribution in [2.75, 3.05) is 23.4 Å². The summed E-state index contributed by atoms with van der Waals surface area (Å²) in [6, 6.07) is 18.8. The van der Waals surface area contributed by atoms with E-state index in [2.05, 4.69) is 26.2 Å². The number of hydrogen-bond acceptors (Lipinski definition) is 9. The number of aromatic amines is 1. The lowest BCUT2D eigenvalue weighted by Gasteiger charge is -2.43. The Bertz CT molecular complexity index is 2100. The van der Waals surface area contributed by atoms with E-state index in [0.29, 0.717) is 27.7 Å². The predicted octanol–water partition coefficient (Wildman–Crippen LogP) is 6.72. The molecule has 8 rings (SSSR count). The first-order valence-corrected chi connectivity index (χ1v) is 19.0. The van der Waals surface area contributed by atoms with Crippen LogP contribution in [0.3, 0.4) is 0 Å². The van der Waals surface area contributed by atoms with Crippen molar-refractivity contribution in [3.8, 4) is 5.75 Å². The van der Waals surface area contributed by atoms with Crippen molar-refractivity contribution in [2.24, 2.45) is 29.6 Å². The van der Waals surface area contributed by atoms with Crippen molar-refractivity contribution >= 4 is 85.7 Å². The summed E-state index contributed by atoms with van der Waals surface area (Å²) in [4.78, 5) is 70.8. The van der Waals surface area contributed by atoms with E-state index in [9.17, 15) is 24.0 Å². The molecule has 50 heavy (non-hydrogen) atoms. The standard InChI is InChI=1S/C36H29BrClN3O7S2/c1-2-47-35(45)16-3-8-19(9-4-16)39-25(42)15-48-24-12-7-18(38)13-21(24)26-27-22-14-23(30(27)49-32-31(26)50-36(46)40-32)29-28(22)33(43)41(34(29)44)20-10-5-17(37)6-11-20/h3-13,22-23,26-30H,2,14-15H2,1H3,(H,39,42)(H,40,46)/t22?,23?,26-,27?,28?,29?,30?/m1/s1. The van der Waals surface area contributed by atoms with Gasteiger partial charge in [0.15, 0.2) is 6.61 Å². The summed E-state index contributed by atoms with van der Waals surface area (Å²) in [5.41, 5.74) is 2.15. The smallest absolute Gasteiger partial charge is 0.338 e. The van der Waals surface area contributed by atoms with Crippen molar-refractivity contribution in [1.29, 1.82) is 0 Å². The van der Waals surface area contributed by atoms with Crippen LogP contribution in [0, 0.1) is 29.6 Å². The molecule has 1 saturated heterocycles. The fourth-order valence-electron chi connectivity index (χ4n) is 8.35. The Hall–Kier alpha value is -3.91. The molecule has 2 aliphatic carbocycles. The SMILES string of the molecule is CCOC(=O)c1ccc(NC(=O)COc2ccc(Cl)cc2[C@H]2c3sc(=O)[nH]c3SC3C4CC(C5C(=O)N(c6ccc(Br)cc6)C(=O)C45)C32)cc1. The van der Waals surface area contributed by atoms with Gasteiger partial charge in [-0.25, -0.2) is 4.79 Å². The third kappa shape index (κ3) is 5.58. The molecule has 7 atom stereocenters. The molecule has 3 fully saturated rings. The Balaban J connectivity index is 1.08. The van der Waals surface area contributed by atoms with Crippen LogP contribution in [0.1, 0.15) is 40.1 Å². The topological polar surface area (TPSA) is 135 Å². The van der Waals surface area contributed by atoms with Gasteiger partial charge in [0.05, 0.1) is 34.7 Å². The van der Waals surface area contributed by atoms with Gasteiger partial charge in [-0.1, -0.05) is 38.9 Å². The third-order valence-electron chi connectivity index (χ3n) is 10.2. The maximum absolute atomic E-state index is 14.1. The minimum absolute atomic E-state index is 0.0293. The number of nitrogens with one attached hydrogen (secondary N) is 2. The van der Waals surface area contributed by atoms with Gasteiger partial charge in [-0.15, -0.1) is 11.8 Å². The highest BCUT2D eigenvalue weighted by Gasteiger charge is 2.69. The van der Waals surface area contributed by atoms with E-state index >= 15 is 0 Å². The van der Waals surface area contributed by atoms with E-state index in [-0.39, 0.29) is 58.8 Å². The van der Waals surface area contributed by atoms with E-state index in [4.69, 9.17) is 21.1 Å². The lowest BCUT2D eigenvalue weighted by Crippen LogP contribution is -2.42. The van der Waals surface area contributed by atoms with Crippen LogP contribution in [0.4, 0.5) is 11.4 Å². The largest absolute Gasteiger partial charge is 0.483 e. The first-order valence-electron chi connectivity index (χ1n) is 16.1. The van der Waals surface area contributed by atoms with Crippen LogP contribution in [0.25, 0.3) is 0 Å². The number of halogens is 2. The Labute approximate surface area is 308 Å². The number of benzene rings is 3. The van der Waals surface area contributed by atoms with Gasteiger partial charge < -0.3 is 19.8 Å². The van der Waals surface area contributed by atoms with Crippen molar-refractivity contribution in [2.45, 2.75) is 29.5 Å². The quantitative estimate of drug-likeness (QED) is 0.148. The summed E-state index contributed by atoms with van der Waals surface area (Å²) in [7, 11) is 0. The highest BCUT2D eigenvalue weighted by atomic mass is 79.9. The number of amides is 3. The molecule has 6 unspecified atom stereocenters. The van der Waals surface area contributed by atoms with Crippen molar-refractivity contribution in [3.63, 3.8) is 0 Å². The van der Waals surface area contributed by atoms with Gasteiger partial charge in [0, 0.05) is 36.8 Å².